The number of nitrogens with one attached hydrogen (secondary N) is 2. The molecule has 9 nitrogen and oxygen atoms in total. The number of amides is 1. The SMILES string of the molecule is O=C(NCCCNc1ccc([N+](=O)[O-])cc1)c1ccc([N+](=O)[O-])cc1. The number of carbonyl (C=O) groups is 1. The molecule has 0 atom stereocenters. The lowest BCUT2D eigenvalue weighted by Gasteiger charge is -2.07. The fraction of sp³-hybridized carbons (Fsp3) is 0.188. The average Bonchev–Trinajstić information content (AvgIpc) is 2.61. The Morgan fingerprint density at radius 2 is 1.36 bits per heavy atom. The summed E-state index contributed by atoms with van der Waals surface area (Å²) in [5.74, 6) is -0.301. The molecule has 0 radical (unpaired) electrons. The Bertz CT molecular complexity index is 759. The molecular weight excluding hydrogens is 328 g/mol. The number of benzene rings is 2. The highest BCUT2D eigenvalue weighted by Gasteiger charge is 2.08. The van der Waals surface area contributed by atoms with E-state index in [0.717, 1.165) is 5.69 Å². The van der Waals surface area contributed by atoms with Crippen LogP contribution in [0.5, 0.6) is 0 Å². The summed E-state index contributed by atoms with van der Waals surface area (Å²) in [5.41, 5.74) is 1.07. The number of nitro benzene ring substituents is 2. The third-order valence-corrected chi connectivity index (χ3v) is 3.39. The third-order valence-electron chi connectivity index (χ3n) is 3.39. The van der Waals surface area contributed by atoms with Crippen LogP contribution in [0.3, 0.4) is 0 Å². The summed E-state index contributed by atoms with van der Waals surface area (Å²) < 4.78 is 0. The van der Waals surface area contributed by atoms with Crippen LogP contribution in [0.4, 0.5) is 17.1 Å². The summed E-state index contributed by atoms with van der Waals surface area (Å²) in [6, 6.07) is 11.4. The van der Waals surface area contributed by atoms with Crippen LogP contribution < -0.4 is 10.6 Å². The van der Waals surface area contributed by atoms with Crippen molar-refractivity contribution in [2.75, 3.05) is 18.4 Å². The molecule has 2 aromatic rings. The Morgan fingerprint density at radius 3 is 1.88 bits per heavy atom. The maximum atomic E-state index is 11.9. The van der Waals surface area contributed by atoms with Gasteiger partial charge < -0.3 is 10.6 Å². The Hall–Kier alpha value is -3.49. The van der Waals surface area contributed by atoms with E-state index in [1.165, 1.54) is 36.4 Å². The standard InChI is InChI=1S/C16H16N4O5/c21-16(12-2-6-14(7-3-12)19(22)23)18-11-1-10-17-13-4-8-15(9-5-13)20(24)25/h2-9,17H,1,10-11H2,(H,18,21). The van der Waals surface area contributed by atoms with Crippen molar-refractivity contribution >= 4 is 23.0 Å². The first-order valence-corrected chi connectivity index (χ1v) is 7.48. The first kappa shape index (κ1) is 17.9. The van der Waals surface area contributed by atoms with Crippen LogP contribution in [-0.2, 0) is 0 Å². The highest BCUT2D eigenvalue weighted by atomic mass is 16.6. The van der Waals surface area contributed by atoms with Crippen LogP contribution in [0, 0.1) is 20.2 Å². The molecule has 130 valence electrons. The minimum Gasteiger partial charge on any atom is -0.385 e. The second-order valence-corrected chi connectivity index (χ2v) is 5.14. The van der Waals surface area contributed by atoms with Crippen molar-refractivity contribution in [3.8, 4) is 0 Å². The zero-order chi connectivity index (χ0) is 18.2. The van der Waals surface area contributed by atoms with Crippen LogP contribution in [0.25, 0.3) is 0 Å². The lowest BCUT2D eigenvalue weighted by atomic mass is 10.2. The molecule has 0 aromatic heterocycles. The maximum Gasteiger partial charge on any atom is 0.269 e. The molecule has 0 aliphatic heterocycles. The van der Waals surface area contributed by atoms with Crippen molar-refractivity contribution in [3.63, 3.8) is 0 Å². The molecule has 0 saturated carbocycles. The molecule has 9 heteroatoms. The quantitative estimate of drug-likeness (QED) is 0.430. The number of non-ortho nitro benzene ring substituents is 2. The van der Waals surface area contributed by atoms with E-state index < -0.39 is 9.85 Å². The second kappa shape index (κ2) is 8.39. The number of anilines is 1. The molecule has 0 aliphatic carbocycles. The van der Waals surface area contributed by atoms with Gasteiger partial charge in [-0.2, -0.15) is 0 Å². The van der Waals surface area contributed by atoms with Gasteiger partial charge in [0.15, 0.2) is 0 Å². The maximum absolute atomic E-state index is 11.9. The van der Waals surface area contributed by atoms with Gasteiger partial charge >= 0.3 is 0 Å². The van der Waals surface area contributed by atoms with Crippen molar-refractivity contribution in [2.45, 2.75) is 6.42 Å². The van der Waals surface area contributed by atoms with Gasteiger partial charge in [0.05, 0.1) is 9.85 Å². The van der Waals surface area contributed by atoms with Gasteiger partial charge in [-0.3, -0.25) is 25.0 Å². The van der Waals surface area contributed by atoms with Gasteiger partial charge in [0.2, 0.25) is 0 Å². The zero-order valence-electron chi connectivity index (χ0n) is 13.2. The van der Waals surface area contributed by atoms with Crippen molar-refractivity contribution < 1.29 is 14.6 Å². The topological polar surface area (TPSA) is 127 Å². The number of nitrogens with zero attached hydrogens (tertiary/aromatic N) is 2. The van der Waals surface area contributed by atoms with Crippen LogP contribution >= 0.6 is 0 Å². The second-order valence-electron chi connectivity index (χ2n) is 5.14. The van der Waals surface area contributed by atoms with Gasteiger partial charge in [-0.15, -0.1) is 0 Å². The Morgan fingerprint density at radius 1 is 0.840 bits per heavy atom. The molecule has 2 aromatic carbocycles. The summed E-state index contributed by atoms with van der Waals surface area (Å²) in [7, 11) is 0. The van der Waals surface area contributed by atoms with Crippen molar-refractivity contribution in [3.05, 3.63) is 74.3 Å². The van der Waals surface area contributed by atoms with E-state index in [4.69, 9.17) is 0 Å². The first-order chi connectivity index (χ1) is 12.0. The highest BCUT2D eigenvalue weighted by molar-refractivity contribution is 5.94. The first-order valence-electron chi connectivity index (χ1n) is 7.48. The van der Waals surface area contributed by atoms with Crippen LogP contribution in [0.15, 0.2) is 48.5 Å². The number of nitro groups is 2. The minimum atomic E-state index is -0.522. The summed E-state index contributed by atoms with van der Waals surface area (Å²) in [4.78, 5) is 32.0. The molecule has 0 aliphatic rings. The van der Waals surface area contributed by atoms with Gasteiger partial charge in [0.1, 0.15) is 0 Å². The lowest BCUT2D eigenvalue weighted by Crippen LogP contribution is -2.25. The summed E-state index contributed by atoms with van der Waals surface area (Å²) in [6.45, 7) is 1.01. The summed E-state index contributed by atoms with van der Waals surface area (Å²) >= 11 is 0. The van der Waals surface area contributed by atoms with Gasteiger partial charge in [0, 0.05) is 48.6 Å². The summed E-state index contributed by atoms with van der Waals surface area (Å²) in [5, 5.41) is 26.9. The highest BCUT2D eigenvalue weighted by Crippen LogP contribution is 2.15. The molecule has 2 N–H and O–H groups in total. The largest absolute Gasteiger partial charge is 0.385 e. The Kier molecular flexibility index (Phi) is 5.99. The van der Waals surface area contributed by atoms with Crippen LogP contribution in [0.1, 0.15) is 16.8 Å². The predicted molar refractivity (Wildman–Crippen MR) is 91.6 cm³/mol. The van der Waals surface area contributed by atoms with Crippen LogP contribution in [0.2, 0.25) is 0 Å². The van der Waals surface area contributed by atoms with Crippen molar-refractivity contribution in [1.82, 2.24) is 5.32 Å². The predicted octanol–water partition coefficient (Wildman–Crippen LogP) is 2.74. The van der Waals surface area contributed by atoms with Gasteiger partial charge in [0.25, 0.3) is 17.3 Å². The molecule has 0 unspecified atom stereocenters. The van der Waals surface area contributed by atoms with E-state index in [9.17, 15) is 25.0 Å². The van der Waals surface area contributed by atoms with Gasteiger partial charge in [-0.25, -0.2) is 0 Å². The molecule has 0 spiro atoms. The Labute approximate surface area is 143 Å². The number of hydrogen-bond donors (Lipinski definition) is 2. The molecule has 0 bridgehead atoms. The molecule has 1 amide bonds. The van der Waals surface area contributed by atoms with E-state index in [-0.39, 0.29) is 17.3 Å². The molecule has 25 heavy (non-hydrogen) atoms. The van der Waals surface area contributed by atoms with E-state index >= 15 is 0 Å². The number of rotatable bonds is 8. The minimum absolute atomic E-state index is 0.0286. The average molecular weight is 344 g/mol. The van der Waals surface area contributed by atoms with E-state index in [2.05, 4.69) is 10.6 Å². The fourth-order valence-corrected chi connectivity index (χ4v) is 2.06. The normalized spacial score (nSPS) is 10.1. The smallest absolute Gasteiger partial charge is 0.269 e. The van der Waals surface area contributed by atoms with E-state index in [1.807, 2.05) is 0 Å². The third kappa shape index (κ3) is 5.27. The molecule has 0 saturated heterocycles. The molecular formula is C16H16N4O5. The van der Waals surface area contributed by atoms with Crippen molar-refractivity contribution in [2.24, 2.45) is 0 Å². The Balaban J connectivity index is 1.70. The molecule has 2 rings (SSSR count). The number of hydrogen-bond acceptors (Lipinski definition) is 6. The molecule has 0 fully saturated rings. The van der Waals surface area contributed by atoms with Crippen LogP contribution in [-0.4, -0.2) is 28.8 Å². The fourth-order valence-electron chi connectivity index (χ4n) is 2.06. The van der Waals surface area contributed by atoms with Crippen molar-refractivity contribution in [1.29, 1.82) is 0 Å². The lowest BCUT2D eigenvalue weighted by molar-refractivity contribution is -0.385. The zero-order valence-corrected chi connectivity index (χ0v) is 13.2. The monoisotopic (exact) mass is 344 g/mol. The van der Waals surface area contributed by atoms with Gasteiger partial charge in [-0.1, -0.05) is 0 Å². The number of carbonyl (C=O) groups excluding carboxylic acids is 1. The molecule has 0 heterocycles. The van der Waals surface area contributed by atoms with E-state index in [1.54, 1.807) is 12.1 Å². The summed E-state index contributed by atoms with van der Waals surface area (Å²) in [6.07, 6.45) is 0.649. The van der Waals surface area contributed by atoms with Gasteiger partial charge in [-0.05, 0) is 30.7 Å². The van der Waals surface area contributed by atoms with E-state index in [0.29, 0.717) is 25.1 Å².